The molecule has 3 aromatic rings. The molecule has 0 atom stereocenters. The van der Waals surface area contributed by atoms with E-state index in [4.69, 9.17) is 11.5 Å². The second kappa shape index (κ2) is 7.61. The summed E-state index contributed by atoms with van der Waals surface area (Å²) in [5.41, 5.74) is 16.5. The second-order valence-electron chi connectivity index (χ2n) is 8.39. The van der Waals surface area contributed by atoms with Gasteiger partial charge in [0.25, 0.3) is 0 Å². The summed E-state index contributed by atoms with van der Waals surface area (Å²) in [6.45, 7) is 2.02. The molecule has 0 bridgehead atoms. The van der Waals surface area contributed by atoms with Crippen molar-refractivity contribution in [1.29, 1.82) is 0 Å². The maximum atomic E-state index is 12.3. The van der Waals surface area contributed by atoms with Gasteiger partial charge in [-0.05, 0) is 79.7 Å². The third-order valence-corrected chi connectivity index (χ3v) is 6.47. The number of aryl methyl sites for hydroxylation is 1. The molecule has 5 N–H and O–H groups in total. The lowest BCUT2D eigenvalue weighted by Crippen LogP contribution is -2.39. The molecule has 0 radical (unpaired) electrons. The van der Waals surface area contributed by atoms with E-state index in [1.165, 1.54) is 5.56 Å². The van der Waals surface area contributed by atoms with E-state index >= 15 is 0 Å². The van der Waals surface area contributed by atoms with Crippen LogP contribution in [0.1, 0.15) is 57.5 Å². The molecule has 1 heterocycles. The van der Waals surface area contributed by atoms with Crippen molar-refractivity contribution >= 4 is 22.7 Å². The summed E-state index contributed by atoms with van der Waals surface area (Å²) in [5.74, 6) is -0.781. The van der Waals surface area contributed by atoms with Gasteiger partial charge in [-0.1, -0.05) is 19.1 Å². The van der Waals surface area contributed by atoms with Crippen LogP contribution in [0.2, 0.25) is 0 Å². The molecule has 0 saturated heterocycles. The first-order valence-corrected chi connectivity index (χ1v) is 10.3. The number of aromatic amines is 1. The molecular formula is C24H28N4O2. The number of nitrogens with zero attached hydrogens (tertiary/aromatic N) is 1. The normalized spacial score (nSPS) is 18.5. The molecule has 1 fully saturated rings. The van der Waals surface area contributed by atoms with Crippen LogP contribution in [-0.4, -0.2) is 41.8 Å². The van der Waals surface area contributed by atoms with Crippen molar-refractivity contribution in [2.45, 2.75) is 38.1 Å². The van der Waals surface area contributed by atoms with Gasteiger partial charge in [0.05, 0.1) is 11.1 Å². The van der Waals surface area contributed by atoms with Gasteiger partial charge >= 0.3 is 0 Å². The lowest BCUT2D eigenvalue weighted by atomic mass is 9.75. The molecule has 2 aromatic carbocycles. The number of fused-ring (bicyclic) bond motifs is 1. The van der Waals surface area contributed by atoms with Crippen molar-refractivity contribution in [2.75, 3.05) is 14.1 Å². The van der Waals surface area contributed by atoms with Gasteiger partial charge in [-0.2, -0.15) is 0 Å². The van der Waals surface area contributed by atoms with Crippen molar-refractivity contribution < 1.29 is 9.59 Å². The van der Waals surface area contributed by atoms with Crippen LogP contribution in [0.4, 0.5) is 0 Å². The highest BCUT2D eigenvalue weighted by atomic mass is 16.2. The van der Waals surface area contributed by atoms with E-state index in [1.54, 1.807) is 6.07 Å². The van der Waals surface area contributed by atoms with Gasteiger partial charge in [-0.3, -0.25) is 9.59 Å². The second-order valence-corrected chi connectivity index (χ2v) is 8.39. The molecular weight excluding hydrogens is 376 g/mol. The van der Waals surface area contributed by atoms with Crippen LogP contribution in [0.5, 0.6) is 0 Å². The summed E-state index contributed by atoms with van der Waals surface area (Å²) in [7, 11) is 4.25. The zero-order chi connectivity index (χ0) is 21.6. The third kappa shape index (κ3) is 3.27. The first kappa shape index (κ1) is 20.2. The lowest BCUT2D eigenvalue weighted by Gasteiger charge is -2.39. The zero-order valence-electron chi connectivity index (χ0n) is 17.7. The Morgan fingerprint density at radius 1 is 1.10 bits per heavy atom. The number of carbonyl (C=O) groups excluding carboxylic acids is 2. The molecule has 30 heavy (non-hydrogen) atoms. The molecule has 156 valence electrons. The van der Waals surface area contributed by atoms with Gasteiger partial charge in [-0.25, -0.2) is 0 Å². The number of primary amides is 2. The first-order valence-electron chi connectivity index (χ1n) is 10.3. The Kier molecular flexibility index (Phi) is 5.12. The molecule has 1 aliphatic rings. The van der Waals surface area contributed by atoms with E-state index in [0.717, 1.165) is 34.9 Å². The zero-order valence-corrected chi connectivity index (χ0v) is 17.7. The van der Waals surface area contributed by atoms with Gasteiger partial charge in [0.2, 0.25) is 11.8 Å². The molecule has 6 heteroatoms. The van der Waals surface area contributed by atoms with Crippen LogP contribution in [0.3, 0.4) is 0 Å². The molecule has 0 unspecified atom stereocenters. The minimum absolute atomic E-state index is 0.164. The quantitative estimate of drug-likeness (QED) is 0.586. The van der Waals surface area contributed by atoms with Gasteiger partial charge in [0, 0.05) is 23.1 Å². The summed E-state index contributed by atoms with van der Waals surface area (Å²) in [6, 6.07) is 10.2. The standard InChI is InChI=1S/C24H28N4O2/c1-4-13-5-7-17(23(25)29)22(24(26)30)21(13)14-6-8-20-18(11-14)19(12-27-20)15-9-16(10-15)28(2)3/h5-8,11-12,15-16,27H,4,9-10H2,1-3H3,(H2,25,29)(H2,26,30). The van der Waals surface area contributed by atoms with Gasteiger partial charge in [-0.15, -0.1) is 0 Å². The van der Waals surface area contributed by atoms with Crippen LogP contribution in [0, 0.1) is 0 Å². The number of hydrogen-bond acceptors (Lipinski definition) is 3. The van der Waals surface area contributed by atoms with Crippen LogP contribution in [0.25, 0.3) is 22.0 Å². The molecule has 1 aliphatic carbocycles. The van der Waals surface area contributed by atoms with E-state index < -0.39 is 11.8 Å². The summed E-state index contributed by atoms with van der Waals surface area (Å²) >= 11 is 0. The van der Waals surface area contributed by atoms with Crippen LogP contribution >= 0.6 is 0 Å². The molecule has 2 amide bonds. The van der Waals surface area contributed by atoms with Crippen LogP contribution in [-0.2, 0) is 6.42 Å². The number of aromatic nitrogens is 1. The van der Waals surface area contributed by atoms with Crippen LogP contribution < -0.4 is 11.5 Å². The lowest BCUT2D eigenvalue weighted by molar-refractivity contribution is 0.0967. The van der Waals surface area contributed by atoms with Gasteiger partial charge < -0.3 is 21.4 Å². The molecule has 4 rings (SSSR count). The Morgan fingerprint density at radius 2 is 1.83 bits per heavy atom. The first-order chi connectivity index (χ1) is 14.3. The topological polar surface area (TPSA) is 105 Å². The fraction of sp³-hybridized carbons (Fsp3) is 0.333. The number of H-pyrrole nitrogens is 1. The minimum Gasteiger partial charge on any atom is -0.366 e. The van der Waals surface area contributed by atoms with Crippen molar-refractivity contribution in [3.8, 4) is 11.1 Å². The van der Waals surface area contributed by atoms with Gasteiger partial charge in [0.1, 0.15) is 0 Å². The van der Waals surface area contributed by atoms with E-state index in [0.29, 0.717) is 23.9 Å². The highest BCUT2D eigenvalue weighted by Crippen LogP contribution is 2.43. The number of nitrogens with two attached hydrogens (primary N) is 2. The molecule has 0 aliphatic heterocycles. The molecule has 0 spiro atoms. The maximum Gasteiger partial charge on any atom is 0.250 e. The summed E-state index contributed by atoms with van der Waals surface area (Å²) < 4.78 is 0. The molecule has 1 saturated carbocycles. The molecule has 6 nitrogen and oxygen atoms in total. The Morgan fingerprint density at radius 3 is 2.43 bits per heavy atom. The Labute approximate surface area is 176 Å². The Balaban J connectivity index is 1.86. The van der Waals surface area contributed by atoms with Crippen LogP contribution in [0.15, 0.2) is 36.5 Å². The predicted molar refractivity (Wildman–Crippen MR) is 120 cm³/mol. The number of nitrogens with one attached hydrogen (secondary N) is 1. The number of carbonyl (C=O) groups is 2. The fourth-order valence-electron chi connectivity index (χ4n) is 4.63. The minimum atomic E-state index is -0.652. The highest BCUT2D eigenvalue weighted by Gasteiger charge is 2.33. The average Bonchev–Trinajstić information content (AvgIpc) is 3.08. The van der Waals surface area contributed by atoms with Gasteiger partial charge in [0.15, 0.2) is 0 Å². The van der Waals surface area contributed by atoms with E-state index in [-0.39, 0.29) is 11.1 Å². The van der Waals surface area contributed by atoms with E-state index in [9.17, 15) is 9.59 Å². The van der Waals surface area contributed by atoms with Crippen molar-refractivity contribution in [3.63, 3.8) is 0 Å². The van der Waals surface area contributed by atoms with E-state index in [2.05, 4.69) is 36.2 Å². The Hall–Kier alpha value is -3.12. The summed E-state index contributed by atoms with van der Waals surface area (Å²) in [4.78, 5) is 30.0. The van der Waals surface area contributed by atoms with Crippen molar-refractivity contribution in [3.05, 3.63) is 58.8 Å². The average molecular weight is 405 g/mol. The summed E-state index contributed by atoms with van der Waals surface area (Å²) in [6.07, 6.45) is 5.07. The third-order valence-electron chi connectivity index (χ3n) is 6.47. The summed E-state index contributed by atoms with van der Waals surface area (Å²) in [5, 5.41) is 1.15. The number of amides is 2. The monoisotopic (exact) mass is 404 g/mol. The predicted octanol–water partition coefficient (Wildman–Crippen LogP) is 3.40. The van der Waals surface area contributed by atoms with E-state index in [1.807, 2.05) is 25.1 Å². The maximum absolute atomic E-state index is 12.3. The molecule has 1 aromatic heterocycles. The SMILES string of the molecule is CCc1ccc(C(N)=O)c(C(N)=O)c1-c1ccc2[nH]cc(C3CC(N(C)C)C3)c2c1. The fourth-order valence-corrected chi connectivity index (χ4v) is 4.63. The van der Waals surface area contributed by atoms with Crippen molar-refractivity contribution in [2.24, 2.45) is 11.5 Å². The number of benzene rings is 2. The number of hydrogen-bond donors (Lipinski definition) is 3. The Bertz CT molecular complexity index is 1140. The number of rotatable bonds is 6. The highest BCUT2D eigenvalue weighted by molar-refractivity contribution is 6.11. The largest absolute Gasteiger partial charge is 0.366 e. The smallest absolute Gasteiger partial charge is 0.250 e. The van der Waals surface area contributed by atoms with Crippen molar-refractivity contribution in [1.82, 2.24) is 9.88 Å².